The Balaban J connectivity index is 1.51. The molecule has 0 saturated carbocycles. The highest BCUT2D eigenvalue weighted by Crippen LogP contribution is 2.29. The number of benzene rings is 1. The van der Waals surface area contributed by atoms with E-state index in [4.69, 9.17) is 10.5 Å². The number of unbranched alkanes of at least 4 members (excludes halogenated alkanes) is 2. The smallest absolute Gasteiger partial charge is 0.222 e. The Morgan fingerprint density at radius 1 is 1.15 bits per heavy atom. The average Bonchev–Trinajstić information content (AvgIpc) is 3.16. The molecule has 4 rings (SSSR count). The molecule has 0 unspecified atom stereocenters. The topological polar surface area (TPSA) is 81.2 Å². The van der Waals surface area contributed by atoms with Crippen molar-refractivity contribution in [2.24, 2.45) is 11.8 Å². The molecule has 3 aromatic rings. The van der Waals surface area contributed by atoms with Crippen LogP contribution in [0.4, 0.5) is 11.8 Å². The first-order valence-electron chi connectivity index (χ1n) is 12.2. The predicted octanol–water partition coefficient (Wildman–Crippen LogP) is 4.76. The van der Waals surface area contributed by atoms with Crippen molar-refractivity contribution in [2.45, 2.75) is 53.1 Å². The highest BCUT2D eigenvalue weighted by molar-refractivity contribution is 5.87. The van der Waals surface area contributed by atoms with Crippen LogP contribution in [0.25, 0.3) is 11.0 Å². The fraction of sp³-hybridized carbons (Fsp3) is 0.538. The summed E-state index contributed by atoms with van der Waals surface area (Å²) in [6.07, 6.45) is 5.53. The molecule has 1 aliphatic heterocycles. The van der Waals surface area contributed by atoms with Crippen LogP contribution in [0.3, 0.4) is 0 Å². The SMILES string of the molecule is CCCCCNc1nc(N)nc2ccn(Cc3ccc(CN4CC(C(C)C)C4)cc3OC)c12. The minimum atomic E-state index is 0.297. The molecule has 0 bridgehead atoms. The zero-order valence-electron chi connectivity index (χ0n) is 20.5. The number of nitrogen functional groups attached to an aromatic ring is 1. The zero-order chi connectivity index (χ0) is 23.4. The Labute approximate surface area is 197 Å². The van der Waals surface area contributed by atoms with Gasteiger partial charge >= 0.3 is 0 Å². The number of methoxy groups -OCH3 is 1. The van der Waals surface area contributed by atoms with Gasteiger partial charge in [-0.25, -0.2) is 4.98 Å². The number of rotatable bonds is 11. The largest absolute Gasteiger partial charge is 0.496 e. The predicted molar refractivity (Wildman–Crippen MR) is 136 cm³/mol. The third-order valence-corrected chi connectivity index (χ3v) is 6.73. The van der Waals surface area contributed by atoms with Crippen LogP contribution in [0.5, 0.6) is 5.75 Å². The minimum Gasteiger partial charge on any atom is -0.496 e. The van der Waals surface area contributed by atoms with Crippen molar-refractivity contribution in [3.8, 4) is 5.75 Å². The molecule has 0 radical (unpaired) electrons. The molecule has 7 heteroatoms. The molecule has 0 atom stereocenters. The van der Waals surface area contributed by atoms with Crippen molar-refractivity contribution in [1.29, 1.82) is 0 Å². The standard InChI is InChI=1S/C26H38N6O/c1-5-6-7-11-28-25-24-22(29-26(27)30-25)10-12-32(24)17-20-9-8-19(13-23(20)33-4)14-31-15-21(16-31)18(2)3/h8-10,12-13,18,21H,5-7,11,14-17H2,1-4H3,(H3,27,28,29,30). The maximum Gasteiger partial charge on any atom is 0.222 e. The summed E-state index contributed by atoms with van der Waals surface area (Å²) in [7, 11) is 1.75. The number of nitrogens with two attached hydrogens (primary N) is 1. The van der Waals surface area contributed by atoms with E-state index in [2.05, 4.69) is 69.9 Å². The van der Waals surface area contributed by atoms with Crippen LogP contribution in [-0.2, 0) is 13.1 Å². The Kier molecular flexibility index (Phi) is 7.38. The molecule has 1 saturated heterocycles. The molecule has 0 aliphatic carbocycles. The number of nitrogens with zero attached hydrogens (tertiary/aromatic N) is 4. The zero-order valence-corrected chi connectivity index (χ0v) is 20.5. The molecule has 33 heavy (non-hydrogen) atoms. The number of fused-ring (bicyclic) bond motifs is 1. The van der Waals surface area contributed by atoms with E-state index >= 15 is 0 Å². The second kappa shape index (κ2) is 10.4. The first-order chi connectivity index (χ1) is 16.0. The molecular formula is C26H38N6O. The number of hydrogen-bond donors (Lipinski definition) is 2. The minimum absolute atomic E-state index is 0.297. The van der Waals surface area contributed by atoms with E-state index in [-0.39, 0.29) is 0 Å². The van der Waals surface area contributed by atoms with Gasteiger partial charge in [-0.05, 0) is 36.0 Å². The van der Waals surface area contributed by atoms with Crippen molar-refractivity contribution >= 4 is 22.8 Å². The second-order valence-corrected chi connectivity index (χ2v) is 9.59. The van der Waals surface area contributed by atoms with Gasteiger partial charge in [0.2, 0.25) is 5.95 Å². The molecule has 3 heterocycles. The van der Waals surface area contributed by atoms with Gasteiger partial charge in [0.1, 0.15) is 11.3 Å². The number of hydrogen-bond acceptors (Lipinski definition) is 6. The summed E-state index contributed by atoms with van der Waals surface area (Å²) in [4.78, 5) is 11.4. The first kappa shape index (κ1) is 23.4. The Morgan fingerprint density at radius 2 is 1.97 bits per heavy atom. The van der Waals surface area contributed by atoms with E-state index in [1.54, 1.807) is 7.11 Å². The van der Waals surface area contributed by atoms with E-state index in [0.717, 1.165) is 59.5 Å². The van der Waals surface area contributed by atoms with Gasteiger partial charge in [0.25, 0.3) is 0 Å². The number of ether oxygens (including phenoxy) is 1. The van der Waals surface area contributed by atoms with Crippen LogP contribution in [0.1, 0.15) is 51.2 Å². The van der Waals surface area contributed by atoms with Crippen molar-refractivity contribution in [2.75, 3.05) is 37.8 Å². The van der Waals surface area contributed by atoms with Crippen LogP contribution in [-0.4, -0.2) is 46.2 Å². The van der Waals surface area contributed by atoms with E-state index in [0.29, 0.717) is 12.5 Å². The lowest BCUT2D eigenvalue weighted by molar-refractivity contribution is 0.0614. The van der Waals surface area contributed by atoms with Crippen LogP contribution in [0, 0.1) is 11.8 Å². The molecule has 1 aliphatic rings. The first-order valence-corrected chi connectivity index (χ1v) is 12.2. The summed E-state index contributed by atoms with van der Waals surface area (Å²) in [6, 6.07) is 8.60. The second-order valence-electron chi connectivity index (χ2n) is 9.59. The van der Waals surface area contributed by atoms with Gasteiger partial charge in [0.05, 0.1) is 19.2 Å². The van der Waals surface area contributed by atoms with Crippen LogP contribution in [0.2, 0.25) is 0 Å². The Morgan fingerprint density at radius 3 is 2.70 bits per heavy atom. The molecule has 3 N–H and O–H groups in total. The van der Waals surface area contributed by atoms with E-state index in [1.165, 1.54) is 31.5 Å². The quantitative estimate of drug-likeness (QED) is 0.410. The number of aromatic nitrogens is 3. The third-order valence-electron chi connectivity index (χ3n) is 6.73. The van der Waals surface area contributed by atoms with E-state index in [1.807, 2.05) is 6.07 Å². The fourth-order valence-electron chi connectivity index (χ4n) is 4.58. The van der Waals surface area contributed by atoms with Crippen LogP contribution >= 0.6 is 0 Å². The van der Waals surface area contributed by atoms with Gasteiger partial charge in [-0.1, -0.05) is 45.7 Å². The lowest BCUT2D eigenvalue weighted by Gasteiger charge is -2.41. The molecule has 0 amide bonds. The molecule has 178 valence electrons. The molecule has 2 aromatic heterocycles. The van der Waals surface area contributed by atoms with Crippen molar-refractivity contribution in [3.05, 3.63) is 41.6 Å². The van der Waals surface area contributed by atoms with Crippen molar-refractivity contribution < 1.29 is 4.74 Å². The van der Waals surface area contributed by atoms with E-state index < -0.39 is 0 Å². The molecular weight excluding hydrogens is 412 g/mol. The summed E-state index contributed by atoms with van der Waals surface area (Å²) in [5.41, 5.74) is 10.2. The Bertz CT molecular complexity index is 1070. The van der Waals surface area contributed by atoms with Gasteiger partial charge in [0.15, 0.2) is 5.82 Å². The highest BCUT2D eigenvalue weighted by Gasteiger charge is 2.28. The maximum atomic E-state index is 5.96. The van der Waals surface area contributed by atoms with Crippen LogP contribution < -0.4 is 15.8 Å². The van der Waals surface area contributed by atoms with Gasteiger partial charge in [-0.15, -0.1) is 0 Å². The average molecular weight is 451 g/mol. The van der Waals surface area contributed by atoms with Gasteiger partial charge < -0.3 is 20.4 Å². The monoisotopic (exact) mass is 450 g/mol. The van der Waals surface area contributed by atoms with Gasteiger partial charge in [-0.2, -0.15) is 4.98 Å². The summed E-state index contributed by atoms with van der Waals surface area (Å²) >= 11 is 0. The summed E-state index contributed by atoms with van der Waals surface area (Å²) in [5, 5.41) is 3.47. The third kappa shape index (κ3) is 5.41. The lowest BCUT2D eigenvalue weighted by atomic mass is 9.88. The maximum absolute atomic E-state index is 5.96. The van der Waals surface area contributed by atoms with Crippen molar-refractivity contribution in [3.63, 3.8) is 0 Å². The van der Waals surface area contributed by atoms with E-state index in [9.17, 15) is 0 Å². The summed E-state index contributed by atoms with van der Waals surface area (Å²) < 4.78 is 7.96. The summed E-state index contributed by atoms with van der Waals surface area (Å²) in [5.74, 6) is 3.61. The van der Waals surface area contributed by atoms with Crippen molar-refractivity contribution in [1.82, 2.24) is 19.4 Å². The number of nitrogens with one attached hydrogen (secondary N) is 1. The molecule has 7 nitrogen and oxygen atoms in total. The highest BCUT2D eigenvalue weighted by atomic mass is 16.5. The molecule has 0 spiro atoms. The Hall–Kier alpha value is -2.80. The van der Waals surface area contributed by atoms with Crippen LogP contribution in [0.15, 0.2) is 30.5 Å². The van der Waals surface area contributed by atoms with Gasteiger partial charge in [-0.3, -0.25) is 4.90 Å². The lowest BCUT2D eigenvalue weighted by Crippen LogP contribution is -2.48. The molecule has 1 fully saturated rings. The fourth-order valence-corrected chi connectivity index (χ4v) is 4.58. The number of likely N-dealkylation sites (tertiary alicyclic amines) is 1. The normalized spacial score (nSPS) is 14.7. The molecule has 1 aromatic carbocycles. The summed E-state index contributed by atoms with van der Waals surface area (Å²) in [6.45, 7) is 11.7. The van der Waals surface area contributed by atoms with Gasteiger partial charge in [0, 0.05) is 37.9 Å². The number of anilines is 2.